The summed E-state index contributed by atoms with van der Waals surface area (Å²) in [4.78, 5) is 10.3. The highest BCUT2D eigenvalue weighted by Gasteiger charge is 2.12. The van der Waals surface area contributed by atoms with E-state index >= 15 is 0 Å². The largest absolute Gasteiger partial charge is 0.505 e. The Morgan fingerprint density at radius 3 is 2.60 bits per heavy atom. The van der Waals surface area contributed by atoms with Crippen LogP contribution >= 0.6 is 12.4 Å². The minimum absolute atomic E-state index is 0. The van der Waals surface area contributed by atoms with Crippen LogP contribution in [0.3, 0.4) is 0 Å². The van der Waals surface area contributed by atoms with E-state index in [0.717, 1.165) is 12.1 Å². The molecule has 4 nitrogen and oxygen atoms in total. The number of aromatic hydroxyl groups is 1. The molecule has 0 aliphatic heterocycles. The summed E-state index contributed by atoms with van der Waals surface area (Å²) in [6.07, 6.45) is -0.274. The van der Waals surface area contributed by atoms with Crippen molar-refractivity contribution in [2.24, 2.45) is 5.73 Å². The molecule has 4 N–H and O–H groups in total. The molecule has 0 fully saturated rings. The van der Waals surface area contributed by atoms with Gasteiger partial charge in [-0.1, -0.05) is 6.07 Å². The molecule has 0 aromatic heterocycles. The lowest BCUT2D eigenvalue weighted by Crippen LogP contribution is -2.15. The third-order valence-corrected chi connectivity index (χ3v) is 1.79. The number of carboxylic acids is 1. The van der Waals surface area contributed by atoms with Gasteiger partial charge in [-0.15, -0.1) is 12.4 Å². The van der Waals surface area contributed by atoms with Crippen molar-refractivity contribution in [3.63, 3.8) is 0 Å². The molecule has 0 heterocycles. The second-order valence-electron chi connectivity index (χ2n) is 2.92. The Balaban J connectivity index is 0.00000196. The van der Waals surface area contributed by atoms with E-state index in [1.54, 1.807) is 0 Å². The van der Waals surface area contributed by atoms with Crippen molar-refractivity contribution in [3.05, 3.63) is 29.6 Å². The fourth-order valence-electron chi connectivity index (χ4n) is 1.06. The molecule has 0 amide bonds. The number of phenols is 1. The number of phenolic OH excluding ortho intramolecular Hbond substituents is 1. The Hall–Kier alpha value is -1.33. The number of carbonyl (C=O) groups is 1. The summed E-state index contributed by atoms with van der Waals surface area (Å²) in [7, 11) is 0. The summed E-state index contributed by atoms with van der Waals surface area (Å²) in [5, 5.41) is 17.3. The molecule has 0 aliphatic carbocycles. The molecular weight excluding hydrogens is 225 g/mol. The number of benzene rings is 1. The smallest absolute Gasteiger partial charge is 0.305 e. The van der Waals surface area contributed by atoms with Crippen LogP contribution in [0.5, 0.6) is 5.75 Å². The molecule has 0 radical (unpaired) electrons. The molecule has 0 bridgehead atoms. The van der Waals surface area contributed by atoms with Gasteiger partial charge in [0.2, 0.25) is 0 Å². The molecule has 6 heteroatoms. The summed E-state index contributed by atoms with van der Waals surface area (Å²) in [5.74, 6) is -2.33. The van der Waals surface area contributed by atoms with E-state index in [2.05, 4.69) is 0 Å². The lowest BCUT2D eigenvalue weighted by atomic mass is 10.0. The Morgan fingerprint density at radius 1 is 1.53 bits per heavy atom. The first-order valence-electron chi connectivity index (χ1n) is 3.96. The molecular formula is C9H11ClFNO3. The monoisotopic (exact) mass is 235 g/mol. The van der Waals surface area contributed by atoms with Crippen molar-refractivity contribution in [1.82, 2.24) is 0 Å². The van der Waals surface area contributed by atoms with E-state index in [0.29, 0.717) is 5.56 Å². The Kier molecular flexibility index (Phi) is 5.04. The highest BCUT2D eigenvalue weighted by atomic mass is 35.5. The Labute approximate surface area is 91.9 Å². The third-order valence-electron chi connectivity index (χ3n) is 1.79. The van der Waals surface area contributed by atoms with Crippen molar-refractivity contribution >= 4 is 18.4 Å². The van der Waals surface area contributed by atoms with Crippen molar-refractivity contribution in [2.75, 3.05) is 0 Å². The number of nitrogens with two attached hydrogens (primary N) is 1. The Bertz CT molecular complexity index is 359. The second-order valence-corrected chi connectivity index (χ2v) is 2.92. The fraction of sp³-hybridized carbons (Fsp3) is 0.222. The topological polar surface area (TPSA) is 83.6 Å². The second kappa shape index (κ2) is 5.53. The van der Waals surface area contributed by atoms with Gasteiger partial charge in [0.05, 0.1) is 6.42 Å². The van der Waals surface area contributed by atoms with Crippen molar-refractivity contribution in [3.8, 4) is 5.75 Å². The zero-order valence-corrected chi connectivity index (χ0v) is 8.50. The van der Waals surface area contributed by atoms with Crippen LogP contribution in [-0.2, 0) is 4.79 Å². The summed E-state index contributed by atoms with van der Waals surface area (Å²) in [5.41, 5.74) is 5.84. The number of rotatable bonds is 3. The zero-order chi connectivity index (χ0) is 10.7. The SMILES string of the molecule is Cl.NC(CC(=O)O)c1ccc(O)c(F)c1. The van der Waals surface area contributed by atoms with Gasteiger partial charge in [0, 0.05) is 6.04 Å². The number of hydrogen-bond acceptors (Lipinski definition) is 3. The molecule has 1 rings (SSSR count). The van der Waals surface area contributed by atoms with Gasteiger partial charge in [0.15, 0.2) is 11.6 Å². The van der Waals surface area contributed by atoms with Gasteiger partial charge in [-0.25, -0.2) is 4.39 Å². The molecule has 15 heavy (non-hydrogen) atoms. The van der Waals surface area contributed by atoms with E-state index in [1.807, 2.05) is 0 Å². The predicted octanol–water partition coefficient (Wildman–Crippen LogP) is 1.43. The normalized spacial score (nSPS) is 11.6. The Morgan fingerprint density at radius 2 is 2.13 bits per heavy atom. The minimum Gasteiger partial charge on any atom is -0.505 e. The number of carboxylic acid groups (broad SMARTS) is 1. The molecule has 1 aromatic carbocycles. The van der Waals surface area contributed by atoms with Gasteiger partial charge in [-0.2, -0.15) is 0 Å². The number of halogens is 2. The lowest BCUT2D eigenvalue weighted by Gasteiger charge is -2.09. The third kappa shape index (κ3) is 3.73. The summed E-state index contributed by atoms with van der Waals surface area (Å²) < 4.78 is 12.8. The van der Waals surface area contributed by atoms with Crippen molar-refractivity contribution in [2.45, 2.75) is 12.5 Å². The summed E-state index contributed by atoms with van der Waals surface area (Å²) >= 11 is 0. The van der Waals surface area contributed by atoms with Crippen LogP contribution in [0.4, 0.5) is 4.39 Å². The first kappa shape index (κ1) is 13.7. The summed E-state index contributed by atoms with van der Waals surface area (Å²) in [6.45, 7) is 0. The van der Waals surface area contributed by atoms with E-state index < -0.39 is 23.6 Å². The van der Waals surface area contributed by atoms with Crippen LogP contribution in [0.15, 0.2) is 18.2 Å². The van der Waals surface area contributed by atoms with Gasteiger partial charge in [-0.3, -0.25) is 4.79 Å². The molecule has 1 unspecified atom stereocenters. The average molecular weight is 236 g/mol. The molecule has 1 atom stereocenters. The van der Waals surface area contributed by atoms with Crippen LogP contribution in [0.2, 0.25) is 0 Å². The lowest BCUT2D eigenvalue weighted by molar-refractivity contribution is -0.137. The standard InChI is InChI=1S/C9H10FNO3.ClH/c10-6-3-5(1-2-8(6)12)7(11)4-9(13)14;/h1-3,7,12H,4,11H2,(H,13,14);1H. The maximum Gasteiger partial charge on any atom is 0.305 e. The van der Waals surface area contributed by atoms with Gasteiger partial charge >= 0.3 is 5.97 Å². The van der Waals surface area contributed by atoms with Crippen LogP contribution in [0.1, 0.15) is 18.0 Å². The zero-order valence-electron chi connectivity index (χ0n) is 7.68. The van der Waals surface area contributed by atoms with Gasteiger partial charge in [-0.05, 0) is 17.7 Å². The quantitative estimate of drug-likeness (QED) is 0.740. The number of hydrogen-bond donors (Lipinski definition) is 3. The van der Waals surface area contributed by atoms with Gasteiger partial charge in [0.1, 0.15) is 0 Å². The predicted molar refractivity (Wildman–Crippen MR) is 54.5 cm³/mol. The van der Waals surface area contributed by atoms with Crippen LogP contribution in [0.25, 0.3) is 0 Å². The molecule has 0 spiro atoms. The molecule has 84 valence electrons. The van der Waals surface area contributed by atoms with E-state index in [9.17, 15) is 9.18 Å². The van der Waals surface area contributed by atoms with Crippen molar-refractivity contribution < 1.29 is 19.4 Å². The highest BCUT2D eigenvalue weighted by Crippen LogP contribution is 2.21. The minimum atomic E-state index is -1.05. The van der Waals surface area contributed by atoms with Gasteiger partial charge < -0.3 is 15.9 Å². The maximum atomic E-state index is 12.8. The van der Waals surface area contributed by atoms with Crippen LogP contribution in [0, 0.1) is 5.82 Å². The fourth-order valence-corrected chi connectivity index (χ4v) is 1.06. The van der Waals surface area contributed by atoms with Crippen molar-refractivity contribution in [1.29, 1.82) is 0 Å². The molecule has 0 saturated carbocycles. The molecule has 0 saturated heterocycles. The van der Waals surface area contributed by atoms with Crippen LogP contribution < -0.4 is 5.73 Å². The van der Waals surface area contributed by atoms with E-state index in [4.69, 9.17) is 15.9 Å². The average Bonchev–Trinajstić information content (AvgIpc) is 2.08. The molecule has 1 aromatic rings. The first-order chi connectivity index (χ1) is 6.50. The van der Waals surface area contributed by atoms with Gasteiger partial charge in [0.25, 0.3) is 0 Å². The summed E-state index contributed by atoms with van der Waals surface area (Å²) in [6, 6.07) is 2.81. The van der Waals surface area contributed by atoms with Crippen LogP contribution in [-0.4, -0.2) is 16.2 Å². The van der Waals surface area contributed by atoms with E-state index in [-0.39, 0.29) is 18.8 Å². The molecule has 0 aliphatic rings. The highest BCUT2D eigenvalue weighted by molar-refractivity contribution is 5.85. The first-order valence-corrected chi connectivity index (χ1v) is 3.96. The van der Waals surface area contributed by atoms with E-state index in [1.165, 1.54) is 6.07 Å². The maximum absolute atomic E-state index is 12.8. The number of aliphatic carboxylic acids is 1.